The van der Waals surface area contributed by atoms with Crippen LogP contribution in [0.25, 0.3) is 6.15 Å². The van der Waals surface area contributed by atoms with E-state index in [0.29, 0.717) is 0 Å². The molecule has 0 amide bonds. The standard InChI is InChI=1S/3ClH.Fe.H2N/h3*1H;;1H2/q;;;+3;-1/p-3. The molecule has 0 aliphatic heterocycles. The van der Waals surface area contributed by atoms with Crippen LogP contribution < -0.4 is 0 Å². The van der Waals surface area contributed by atoms with Crippen molar-refractivity contribution in [3.63, 3.8) is 0 Å². The van der Waals surface area contributed by atoms with Crippen LogP contribution in [-0.4, -0.2) is 0 Å². The maximum Gasteiger partial charge on any atom is -0.693 e. The van der Waals surface area contributed by atoms with E-state index in [0.717, 1.165) is 0 Å². The predicted molar refractivity (Wildman–Crippen MR) is 22.8 cm³/mol. The maximum absolute atomic E-state index is 4.89. The first-order valence-corrected chi connectivity index (χ1v) is 4.96. The van der Waals surface area contributed by atoms with E-state index in [2.05, 4.69) is 0 Å². The third-order valence-electron chi connectivity index (χ3n) is 0. The minimum absolute atomic E-state index is 0. The van der Waals surface area contributed by atoms with Crippen molar-refractivity contribution in [1.29, 1.82) is 0 Å². The maximum atomic E-state index is 4.89. The molecule has 5 heavy (non-hydrogen) atoms. The fraction of sp³-hybridized carbons (Fsp3) is 0. The predicted octanol–water partition coefficient (Wildman–Crippen LogP) is 2.78. The van der Waals surface area contributed by atoms with Crippen LogP contribution in [0.1, 0.15) is 0 Å². The second-order valence-corrected chi connectivity index (χ2v) is 5.62. The second-order valence-electron chi connectivity index (χ2n) is 0.152. The largest absolute Gasteiger partial charge is 0.693 e. The second kappa shape index (κ2) is 5.35. The summed E-state index contributed by atoms with van der Waals surface area (Å²) in [5.74, 6) is 0. The Labute approximate surface area is 47.7 Å². The van der Waals surface area contributed by atoms with Gasteiger partial charge in [-0.05, 0) is 0 Å². The van der Waals surface area contributed by atoms with Crippen molar-refractivity contribution < 1.29 is 11.2 Å². The van der Waals surface area contributed by atoms with Gasteiger partial charge in [0.1, 0.15) is 0 Å². The van der Waals surface area contributed by atoms with Crippen molar-refractivity contribution in [2.75, 3.05) is 0 Å². The smallest absolute Gasteiger partial charge is 0.693 e. The molecule has 0 atom stereocenters. The molecular formula is H2Cl3FeN-. The van der Waals surface area contributed by atoms with Crippen molar-refractivity contribution in [2.45, 2.75) is 0 Å². The van der Waals surface area contributed by atoms with Gasteiger partial charge in [0.2, 0.25) is 0 Å². The van der Waals surface area contributed by atoms with Crippen LogP contribution in [0.4, 0.5) is 0 Å². The molecule has 0 aromatic heterocycles. The molecule has 0 saturated heterocycles. The van der Waals surface area contributed by atoms with Gasteiger partial charge in [-0.25, -0.2) is 0 Å². The minimum Gasteiger partial charge on any atom is -0.693 e. The van der Waals surface area contributed by atoms with Gasteiger partial charge in [-0.1, -0.05) is 0 Å². The van der Waals surface area contributed by atoms with Crippen LogP contribution in [0, 0.1) is 0 Å². The summed E-state index contributed by atoms with van der Waals surface area (Å²) in [7, 11) is 14.7. The Morgan fingerprint density at radius 2 is 1.00 bits per heavy atom. The van der Waals surface area contributed by atoms with Crippen LogP contribution in [0.2, 0.25) is 0 Å². The first-order valence-electron chi connectivity index (χ1n) is 0.401. The van der Waals surface area contributed by atoms with E-state index in [1.807, 2.05) is 0 Å². The SMILES string of the molecule is [Cl][Fe]([Cl])[Cl].[NH2-]. The Hall–Kier alpha value is 1.35. The van der Waals surface area contributed by atoms with E-state index in [4.69, 9.17) is 30.3 Å². The average Bonchev–Trinajstić information content (AvgIpc) is 0.811. The van der Waals surface area contributed by atoms with Crippen molar-refractivity contribution in [2.24, 2.45) is 0 Å². The monoisotopic (exact) mass is 177 g/mol. The Bertz CT molecular complexity index is 11.6. The van der Waals surface area contributed by atoms with Crippen molar-refractivity contribution in [3.05, 3.63) is 6.15 Å². The van der Waals surface area contributed by atoms with Crippen molar-refractivity contribution >= 4 is 30.3 Å². The zero-order valence-electron chi connectivity index (χ0n) is 2.06. The topological polar surface area (TPSA) is 33.5 Å². The molecule has 37 valence electrons. The Morgan fingerprint density at radius 1 is 1.00 bits per heavy atom. The van der Waals surface area contributed by atoms with Gasteiger partial charge in [-0.2, -0.15) is 0 Å². The fourth-order valence-corrected chi connectivity index (χ4v) is 0. The van der Waals surface area contributed by atoms with Gasteiger partial charge in [-0.3, -0.25) is 0 Å². The molecule has 0 spiro atoms. The molecule has 0 radical (unpaired) electrons. The summed E-state index contributed by atoms with van der Waals surface area (Å²) >= 11 is -1.33. The molecule has 0 aromatic rings. The van der Waals surface area contributed by atoms with E-state index in [9.17, 15) is 0 Å². The third kappa shape index (κ3) is 33.0. The van der Waals surface area contributed by atoms with Gasteiger partial charge in [-0.15, -0.1) is 0 Å². The fourth-order valence-electron chi connectivity index (χ4n) is 0. The minimum atomic E-state index is -1.33. The van der Waals surface area contributed by atoms with Gasteiger partial charge in [0, 0.05) is 0 Å². The van der Waals surface area contributed by atoms with Gasteiger partial charge in [0.25, 0.3) is 0 Å². The number of hydrogen-bond acceptors (Lipinski definition) is 0. The molecule has 0 rings (SSSR count). The van der Waals surface area contributed by atoms with E-state index >= 15 is 0 Å². The summed E-state index contributed by atoms with van der Waals surface area (Å²) in [6.07, 6.45) is 0. The summed E-state index contributed by atoms with van der Waals surface area (Å²) in [5.41, 5.74) is 0. The number of nitrogens with two attached hydrogens (primary N) is 1. The molecular weight excluding hydrogens is 176 g/mol. The van der Waals surface area contributed by atoms with Crippen LogP contribution in [-0.2, 0) is 11.2 Å². The van der Waals surface area contributed by atoms with Gasteiger partial charge in [0.15, 0.2) is 0 Å². The zero-order valence-corrected chi connectivity index (χ0v) is 5.44. The van der Waals surface area contributed by atoms with Crippen LogP contribution in [0.15, 0.2) is 0 Å². The first-order chi connectivity index (χ1) is 1.73. The molecule has 2 N–H and O–H groups in total. The van der Waals surface area contributed by atoms with E-state index in [-0.39, 0.29) is 6.15 Å². The summed E-state index contributed by atoms with van der Waals surface area (Å²) in [6, 6.07) is 0. The quantitative estimate of drug-likeness (QED) is 0.511. The molecule has 1 nitrogen and oxygen atoms in total. The Kier molecular flexibility index (Phi) is 10.3. The summed E-state index contributed by atoms with van der Waals surface area (Å²) in [5, 5.41) is 0. The average molecular weight is 178 g/mol. The summed E-state index contributed by atoms with van der Waals surface area (Å²) < 4.78 is 0. The van der Waals surface area contributed by atoms with Crippen LogP contribution in [0.5, 0.6) is 0 Å². The molecule has 0 bridgehead atoms. The molecule has 0 aliphatic carbocycles. The molecule has 0 saturated carbocycles. The van der Waals surface area contributed by atoms with Crippen LogP contribution >= 0.6 is 30.3 Å². The van der Waals surface area contributed by atoms with E-state index in [1.54, 1.807) is 0 Å². The van der Waals surface area contributed by atoms with Gasteiger partial charge >= 0.3 is 41.5 Å². The number of hydrogen-bond donors (Lipinski definition) is 0. The summed E-state index contributed by atoms with van der Waals surface area (Å²) in [4.78, 5) is 0. The van der Waals surface area contributed by atoms with E-state index < -0.39 is 11.2 Å². The molecule has 0 fully saturated rings. The normalized spacial score (nSPS) is 9.00. The Morgan fingerprint density at radius 3 is 1.00 bits per heavy atom. The molecule has 0 heterocycles. The molecule has 0 unspecified atom stereocenters. The zero-order chi connectivity index (χ0) is 3.58. The van der Waals surface area contributed by atoms with Crippen molar-refractivity contribution in [1.82, 2.24) is 0 Å². The van der Waals surface area contributed by atoms with Crippen molar-refractivity contribution in [3.8, 4) is 0 Å². The molecule has 5 heteroatoms. The van der Waals surface area contributed by atoms with Crippen LogP contribution in [0.3, 0.4) is 0 Å². The molecule has 0 aliphatic rings. The molecule has 0 aromatic carbocycles. The van der Waals surface area contributed by atoms with E-state index in [1.165, 1.54) is 0 Å². The van der Waals surface area contributed by atoms with Gasteiger partial charge < -0.3 is 6.15 Å². The third-order valence-corrected chi connectivity index (χ3v) is 0. The number of halogens is 3. The summed E-state index contributed by atoms with van der Waals surface area (Å²) in [6.45, 7) is 0. The number of rotatable bonds is 0. The first kappa shape index (κ1) is 9.60. The Balaban J connectivity index is 0. The van der Waals surface area contributed by atoms with Gasteiger partial charge in [0.05, 0.1) is 0 Å².